The Morgan fingerprint density at radius 3 is 2.38 bits per heavy atom. The highest BCUT2D eigenvalue weighted by molar-refractivity contribution is 8.19. The largest absolute Gasteiger partial charge is 0.369 e. The Balaban J connectivity index is 1.53. The van der Waals surface area contributed by atoms with E-state index in [0.29, 0.717) is 16.0 Å². The molecule has 1 saturated heterocycles. The van der Waals surface area contributed by atoms with Crippen molar-refractivity contribution in [2.45, 2.75) is 38.6 Å². The predicted molar refractivity (Wildman–Crippen MR) is 145 cm³/mol. The molecule has 2 aliphatic rings. The van der Waals surface area contributed by atoms with Crippen LogP contribution in [0.2, 0.25) is 0 Å². The Hall–Kier alpha value is -3.31. The van der Waals surface area contributed by atoms with Gasteiger partial charge in [-0.15, -0.1) is 0 Å². The number of rotatable bonds is 3. The van der Waals surface area contributed by atoms with Gasteiger partial charge >= 0.3 is 0 Å². The van der Waals surface area contributed by atoms with E-state index in [4.69, 9.17) is 4.99 Å². The van der Waals surface area contributed by atoms with Crippen molar-refractivity contribution in [2.24, 2.45) is 4.99 Å². The zero-order valence-electron chi connectivity index (χ0n) is 20.0. The number of hydrogen-bond donors (Lipinski definition) is 0. The van der Waals surface area contributed by atoms with Crippen LogP contribution in [0.4, 0.5) is 17.1 Å². The van der Waals surface area contributed by atoms with Crippen molar-refractivity contribution in [3.63, 3.8) is 0 Å². The summed E-state index contributed by atoms with van der Waals surface area (Å²) in [6.45, 7) is 6.88. The summed E-state index contributed by atoms with van der Waals surface area (Å²) in [7, 11) is 2.17. The summed E-state index contributed by atoms with van der Waals surface area (Å²) in [5.41, 5.74) is 5.43. The molecule has 0 spiro atoms. The lowest BCUT2D eigenvalue weighted by Gasteiger charge is -2.45. The quantitative estimate of drug-likeness (QED) is 0.382. The van der Waals surface area contributed by atoms with Crippen molar-refractivity contribution >= 4 is 46.0 Å². The number of nitrogens with zero attached hydrogens (tertiary/aromatic N) is 3. The van der Waals surface area contributed by atoms with Gasteiger partial charge in [-0.2, -0.15) is 0 Å². The summed E-state index contributed by atoms with van der Waals surface area (Å²) in [5.74, 6) is 0.414. The molecule has 0 radical (unpaired) electrons. The number of anilines is 2. The van der Waals surface area contributed by atoms with Crippen molar-refractivity contribution < 1.29 is 4.79 Å². The fourth-order valence-corrected chi connectivity index (χ4v) is 5.80. The highest BCUT2D eigenvalue weighted by atomic mass is 32.2. The van der Waals surface area contributed by atoms with Crippen LogP contribution in [0.25, 0.3) is 6.08 Å². The fraction of sp³-hybridized carbons (Fsp3) is 0.241. The molecular formula is C29H29N3OS. The monoisotopic (exact) mass is 467 g/mol. The summed E-state index contributed by atoms with van der Waals surface area (Å²) >= 11 is 1.43. The Labute approximate surface area is 206 Å². The summed E-state index contributed by atoms with van der Waals surface area (Å²) in [6, 6.07) is 26.1. The molecule has 34 heavy (non-hydrogen) atoms. The van der Waals surface area contributed by atoms with E-state index in [1.165, 1.54) is 23.0 Å². The smallest absolute Gasteiger partial charge is 0.271 e. The molecule has 0 aromatic heterocycles. The topological polar surface area (TPSA) is 35.9 Å². The number of carbonyl (C=O) groups excluding carboxylic acids is 1. The molecule has 5 heteroatoms. The van der Waals surface area contributed by atoms with Gasteiger partial charge in [-0.05, 0) is 91.5 Å². The molecule has 0 saturated carbocycles. The lowest BCUT2D eigenvalue weighted by molar-refractivity contribution is -0.113. The van der Waals surface area contributed by atoms with E-state index in [1.54, 1.807) is 4.90 Å². The predicted octanol–water partition coefficient (Wildman–Crippen LogP) is 7.22. The lowest BCUT2D eigenvalue weighted by atomic mass is 9.80. The van der Waals surface area contributed by atoms with Crippen molar-refractivity contribution in [1.29, 1.82) is 0 Å². The van der Waals surface area contributed by atoms with Crippen LogP contribution in [0.5, 0.6) is 0 Å². The third-order valence-electron chi connectivity index (χ3n) is 6.76. The number of fused-ring (bicyclic) bond motifs is 1. The minimum absolute atomic E-state index is 0.0464. The molecule has 0 aliphatic carbocycles. The molecule has 0 N–H and O–H groups in total. The number of hydrogen-bond acceptors (Lipinski definition) is 4. The van der Waals surface area contributed by atoms with Gasteiger partial charge in [0, 0.05) is 18.3 Å². The maximum atomic E-state index is 13.5. The second-order valence-corrected chi connectivity index (χ2v) is 10.6. The van der Waals surface area contributed by atoms with E-state index in [-0.39, 0.29) is 11.4 Å². The summed E-state index contributed by atoms with van der Waals surface area (Å²) in [5, 5.41) is 0.668. The number of benzene rings is 3. The van der Waals surface area contributed by atoms with E-state index in [9.17, 15) is 4.79 Å². The van der Waals surface area contributed by atoms with Gasteiger partial charge in [0.25, 0.3) is 5.91 Å². The van der Waals surface area contributed by atoms with Crippen LogP contribution in [0.3, 0.4) is 0 Å². The number of amidine groups is 1. The van der Waals surface area contributed by atoms with Crippen molar-refractivity contribution in [3.8, 4) is 0 Å². The Kier molecular flexibility index (Phi) is 5.82. The van der Waals surface area contributed by atoms with E-state index in [1.807, 2.05) is 66.7 Å². The number of thioether (sulfide) groups is 1. The molecule has 172 valence electrons. The molecular weight excluding hydrogens is 438 g/mol. The first-order valence-electron chi connectivity index (χ1n) is 11.6. The zero-order valence-corrected chi connectivity index (χ0v) is 20.8. The lowest BCUT2D eigenvalue weighted by Crippen LogP contribution is -2.45. The zero-order chi connectivity index (χ0) is 23.9. The average Bonchev–Trinajstić information content (AvgIpc) is 3.13. The Morgan fingerprint density at radius 2 is 1.68 bits per heavy atom. The minimum atomic E-state index is -0.0464. The van der Waals surface area contributed by atoms with Crippen LogP contribution < -0.4 is 9.80 Å². The van der Waals surface area contributed by atoms with Crippen LogP contribution in [0.1, 0.15) is 44.2 Å². The third-order valence-corrected chi connectivity index (χ3v) is 7.73. The second-order valence-electron chi connectivity index (χ2n) is 9.61. The maximum absolute atomic E-state index is 13.5. The molecule has 4 nitrogen and oxygen atoms in total. The standard InChI is InChI=1S/C29H29N3OS/c1-20-19-29(2,3)31(4)25-16-15-21(17-24(20)25)18-26-27(33)32(23-13-9-6-10-14-23)28(34-26)30-22-11-7-5-8-12-22/h5-18,20H,19H2,1-4H3/b26-18-,30-28?/t20-/m1/s1. The number of carbonyl (C=O) groups is 1. The van der Waals surface area contributed by atoms with Gasteiger partial charge in [0.05, 0.1) is 16.3 Å². The number of aliphatic imine (C=N–C) groups is 1. The van der Waals surface area contributed by atoms with Gasteiger partial charge in [-0.3, -0.25) is 9.69 Å². The van der Waals surface area contributed by atoms with Crippen LogP contribution in [0, 0.1) is 0 Å². The fourth-order valence-electron chi connectivity index (χ4n) is 4.80. The van der Waals surface area contributed by atoms with E-state index in [2.05, 4.69) is 50.9 Å². The molecule has 5 rings (SSSR count). The van der Waals surface area contributed by atoms with E-state index >= 15 is 0 Å². The van der Waals surface area contributed by atoms with Crippen LogP contribution in [-0.2, 0) is 4.79 Å². The first-order chi connectivity index (χ1) is 16.3. The van der Waals surface area contributed by atoms with Crippen molar-refractivity contribution in [2.75, 3.05) is 16.8 Å². The van der Waals surface area contributed by atoms with Gasteiger partial charge in [0.15, 0.2) is 5.17 Å². The second kappa shape index (κ2) is 8.80. The van der Waals surface area contributed by atoms with Gasteiger partial charge in [-0.1, -0.05) is 49.4 Å². The molecule has 1 atom stereocenters. The van der Waals surface area contributed by atoms with Crippen molar-refractivity contribution in [3.05, 3.63) is 94.9 Å². The molecule has 3 aromatic rings. The van der Waals surface area contributed by atoms with Gasteiger partial charge in [0.2, 0.25) is 0 Å². The van der Waals surface area contributed by atoms with Crippen LogP contribution >= 0.6 is 11.8 Å². The summed E-state index contributed by atoms with van der Waals surface area (Å²) < 4.78 is 0. The molecule has 3 aromatic carbocycles. The minimum Gasteiger partial charge on any atom is -0.369 e. The summed E-state index contributed by atoms with van der Waals surface area (Å²) in [6.07, 6.45) is 3.10. The van der Waals surface area contributed by atoms with Gasteiger partial charge in [-0.25, -0.2) is 4.99 Å². The number of para-hydroxylation sites is 2. The molecule has 1 amide bonds. The first kappa shape index (κ1) is 22.5. The number of amides is 1. The summed E-state index contributed by atoms with van der Waals surface area (Å²) in [4.78, 5) is 23.1. The SMILES string of the molecule is C[C@@H]1CC(C)(C)N(C)c2ccc(/C=C3\SC(=Nc4ccccc4)N(c4ccccc4)C3=O)cc21. The van der Waals surface area contributed by atoms with Gasteiger partial charge < -0.3 is 4.90 Å². The van der Waals surface area contributed by atoms with Gasteiger partial charge in [0.1, 0.15) is 0 Å². The third kappa shape index (κ3) is 4.16. The van der Waals surface area contributed by atoms with Crippen LogP contribution in [0.15, 0.2) is 88.8 Å². The molecule has 1 fully saturated rings. The van der Waals surface area contributed by atoms with Crippen LogP contribution in [-0.4, -0.2) is 23.7 Å². The average molecular weight is 468 g/mol. The maximum Gasteiger partial charge on any atom is 0.271 e. The molecule has 0 bridgehead atoms. The Bertz CT molecular complexity index is 1280. The molecule has 0 unspecified atom stereocenters. The highest BCUT2D eigenvalue weighted by Gasteiger charge is 2.36. The van der Waals surface area contributed by atoms with E-state index < -0.39 is 0 Å². The molecule has 2 aliphatic heterocycles. The highest BCUT2D eigenvalue weighted by Crippen LogP contribution is 2.43. The Morgan fingerprint density at radius 1 is 1.00 bits per heavy atom. The normalized spacial score (nSPS) is 21.9. The van der Waals surface area contributed by atoms with Crippen molar-refractivity contribution in [1.82, 2.24) is 0 Å². The first-order valence-corrected chi connectivity index (χ1v) is 12.5. The molecule has 2 heterocycles. The van der Waals surface area contributed by atoms with E-state index in [0.717, 1.165) is 23.4 Å².